The minimum absolute atomic E-state index is 0.0253. The molecule has 4 rings (SSSR count). The Labute approximate surface area is 257 Å². The first-order valence-electron chi connectivity index (χ1n) is 14.7. The lowest BCUT2D eigenvalue weighted by Crippen LogP contribution is -2.45. The van der Waals surface area contributed by atoms with Crippen LogP contribution in [-0.2, 0) is 19.1 Å². The molecular formula is C34H40N2O8. The number of nitrogens with two attached hydrogens (primary N) is 1. The Morgan fingerprint density at radius 2 is 1.14 bits per heavy atom. The molecule has 0 spiro atoms. The number of carbonyl (C=O) groups is 4. The fraction of sp³-hybridized carbons (Fsp3) is 0.353. The maximum absolute atomic E-state index is 12.0. The number of benzene rings is 3. The summed E-state index contributed by atoms with van der Waals surface area (Å²) in [4.78, 5) is 49.4. The predicted molar refractivity (Wildman–Crippen MR) is 165 cm³/mol. The molecule has 0 amide bonds. The summed E-state index contributed by atoms with van der Waals surface area (Å²) in [6, 6.07) is 23.7. The van der Waals surface area contributed by atoms with Crippen molar-refractivity contribution in [1.82, 2.24) is 0 Å². The van der Waals surface area contributed by atoms with Crippen molar-refractivity contribution in [2.75, 3.05) is 18.0 Å². The van der Waals surface area contributed by atoms with E-state index in [-0.39, 0.29) is 17.2 Å². The lowest BCUT2D eigenvalue weighted by atomic mass is 9.95. The standard InChI is InChI=1S/C18H14O8.C16H26N2/c19-15(20)13(25-17(23)11-7-3-1-4-8-11)14(16(21)22)26-18(24)12-9-5-2-6-10-12;1-13(2)12-15(17)14-8-4-5-9-16(14)18-10-6-3-7-11-18/h1-10,13-14H,(H,19,20)(H,21,22);4-5,8-9,13,15H,3,6-7,10-12,17H2,1-2H3/t;15-/m.0/s1. The third-order valence-electron chi connectivity index (χ3n) is 7.01. The van der Waals surface area contributed by atoms with Crippen LogP contribution in [0.3, 0.4) is 0 Å². The Kier molecular flexibility index (Phi) is 12.9. The quantitative estimate of drug-likeness (QED) is 0.244. The van der Waals surface area contributed by atoms with Gasteiger partial charge >= 0.3 is 23.9 Å². The van der Waals surface area contributed by atoms with Crippen molar-refractivity contribution in [1.29, 1.82) is 0 Å². The topological polar surface area (TPSA) is 156 Å². The van der Waals surface area contributed by atoms with Gasteiger partial charge in [0.2, 0.25) is 12.2 Å². The summed E-state index contributed by atoms with van der Waals surface area (Å²) in [5.74, 6) is -4.99. The third kappa shape index (κ3) is 9.95. The largest absolute Gasteiger partial charge is 0.478 e. The minimum atomic E-state index is -2.21. The fourth-order valence-corrected chi connectivity index (χ4v) is 4.86. The summed E-state index contributed by atoms with van der Waals surface area (Å²) in [7, 11) is 0. The number of hydrogen-bond donors (Lipinski definition) is 3. The SMILES string of the molecule is CC(C)C[C@H](N)c1ccccc1N1CCCCC1.O=C(OC(C(=O)O)C(OC(=O)c1ccccc1)C(=O)O)c1ccccc1. The van der Waals surface area contributed by atoms with Crippen LogP contribution in [0.1, 0.15) is 71.9 Å². The van der Waals surface area contributed by atoms with Crippen molar-refractivity contribution in [2.24, 2.45) is 11.7 Å². The van der Waals surface area contributed by atoms with Gasteiger partial charge in [-0.3, -0.25) is 0 Å². The van der Waals surface area contributed by atoms with Gasteiger partial charge in [-0.25, -0.2) is 19.2 Å². The van der Waals surface area contributed by atoms with E-state index in [1.54, 1.807) is 12.1 Å². The molecule has 3 aromatic rings. The fourth-order valence-electron chi connectivity index (χ4n) is 4.86. The monoisotopic (exact) mass is 604 g/mol. The van der Waals surface area contributed by atoms with Gasteiger partial charge in [-0.05, 0) is 67.5 Å². The van der Waals surface area contributed by atoms with Crippen molar-refractivity contribution >= 4 is 29.6 Å². The van der Waals surface area contributed by atoms with Gasteiger partial charge in [0.1, 0.15) is 0 Å². The first-order valence-corrected chi connectivity index (χ1v) is 14.7. The van der Waals surface area contributed by atoms with Crippen LogP contribution in [0, 0.1) is 5.92 Å². The van der Waals surface area contributed by atoms with Crippen molar-refractivity contribution in [3.8, 4) is 0 Å². The normalized spacial score (nSPS) is 14.8. The highest BCUT2D eigenvalue weighted by molar-refractivity contribution is 5.95. The Balaban J connectivity index is 0.000000257. The second-order valence-corrected chi connectivity index (χ2v) is 10.9. The average Bonchev–Trinajstić information content (AvgIpc) is 3.03. The Morgan fingerprint density at radius 3 is 1.57 bits per heavy atom. The first kappa shape index (κ1) is 33.8. The molecule has 10 nitrogen and oxygen atoms in total. The van der Waals surface area contributed by atoms with E-state index in [0.717, 1.165) is 6.42 Å². The van der Waals surface area contributed by atoms with E-state index in [1.807, 2.05) is 0 Å². The van der Waals surface area contributed by atoms with Crippen LogP contribution in [0.4, 0.5) is 5.69 Å². The van der Waals surface area contributed by atoms with E-state index in [1.165, 1.54) is 92.1 Å². The van der Waals surface area contributed by atoms with Crippen molar-refractivity contribution in [2.45, 2.75) is 57.8 Å². The van der Waals surface area contributed by atoms with Crippen LogP contribution in [0.15, 0.2) is 84.9 Å². The van der Waals surface area contributed by atoms with E-state index in [9.17, 15) is 29.4 Å². The van der Waals surface area contributed by atoms with Gasteiger partial charge in [0.25, 0.3) is 0 Å². The maximum atomic E-state index is 12.0. The van der Waals surface area contributed by atoms with Gasteiger partial charge in [-0.1, -0.05) is 68.4 Å². The zero-order valence-electron chi connectivity index (χ0n) is 25.0. The van der Waals surface area contributed by atoms with Crippen LogP contribution in [0.25, 0.3) is 0 Å². The molecule has 1 fully saturated rings. The number of carboxylic acid groups (broad SMARTS) is 2. The summed E-state index contributed by atoms with van der Waals surface area (Å²) in [6.07, 6.45) is 0.629. The van der Waals surface area contributed by atoms with Gasteiger partial charge in [0.05, 0.1) is 11.1 Å². The zero-order valence-corrected chi connectivity index (χ0v) is 25.0. The van der Waals surface area contributed by atoms with Crippen LogP contribution in [-0.4, -0.2) is 59.4 Å². The summed E-state index contributed by atoms with van der Waals surface area (Å²) in [5, 5.41) is 18.5. The third-order valence-corrected chi connectivity index (χ3v) is 7.01. The van der Waals surface area contributed by atoms with Gasteiger partial charge in [-0.2, -0.15) is 0 Å². The molecule has 1 aliphatic heterocycles. The number of para-hydroxylation sites is 1. The highest BCUT2D eigenvalue weighted by atomic mass is 16.6. The summed E-state index contributed by atoms with van der Waals surface area (Å²) >= 11 is 0. The molecule has 44 heavy (non-hydrogen) atoms. The number of carboxylic acids is 2. The lowest BCUT2D eigenvalue weighted by molar-refractivity contribution is -0.166. The number of ether oxygens (including phenoxy) is 2. The van der Waals surface area contributed by atoms with Crippen molar-refractivity contribution in [3.63, 3.8) is 0 Å². The van der Waals surface area contributed by atoms with E-state index < -0.39 is 36.1 Å². The van der Waals surface area contributed by atoms with Crippen molar-refractivity contribution < 1.29 is 38.9 Å². The lowest BCUT2D eigenvalue weighted by Gasteiger charge is -2.32. The molecule has 234 valence electrons. The smallest absolute Gasteiger partial charge is 0.349 e. The highest BCUT2D eigenvalue weighted by Crippen LogP contribution is 2.30. The Morgan fingerprint density at radius 1 is 0.705 bits per heavy atom. The molecule has 0 radical (unpaired) electrons. The maximum Gasteiger partial charge on any atom is 0.349 e. The molecule has 0 aliphatic carbocycles. The van der Waals surface area contributed by atoms with E-state index in [4.69, 9.17) is 15.2 Å². The summed E-state index contributed by atoms with van der Waals surface area (Å²) in [5.41, 5.74) is 9.12. The first-order chi connectivity index (χ1) is 21.1. The van der Waals surface area contributed by atoms with Crippen LogP contribution in [0.2, 0.25) is 0 Å². The predicted octanol–water partition coefficient (Wildman–Crippen LogP) is 5.33. The molecule has 0 bridgehead atoms. The van der Waals surface area contributed by atoms with Gasteiger partial charge in [0.15, 0.2) is 0 Å². The van der Waals surface area contributed by atoms with Gasteiger partial charge < -0.3 is 30.3 Å². The van der Waals surface area contributed by atoms with E-state index in [2.05, 4.69) is 43.0 Å². The van der Waals surface area contributed by atoms with E-state index >= 15 is 0 Å². The number of rotatable bonds is 11. The molecule has 4 N–H and O–H groups in total. The number of carbonyl (C=O) groups excluding carboxylic acids is 2. The van der Waals surface area contributed by atoms with Gasteiger partial charge in [0, 0.05) is 24.8 Å². The molecular weight excluding hydrogens is 564 g/mol. The average molecular weight is 605 g/mol. The molecule has 10 heteroatoms. The second kappa shape index (κ2) is 16.8. The number of nitrogens with zero attached hydrogens (tertiary/aromatic N) is 1. The van der Waals surface area contributed by atoms with Crippen LogP contribution in [0.5, 0.6) is 0 Å². The summed E-state index contributed by atoms with van der Waals surface area (Å²) < 4.78 is 9.52. The number of esters is 2. The molecule has 3 atom stereocenters. The Hall–Kier alpha value is -4.70. The molecule has 0 aromatic heterocycles. The molecule has 1 heterocycles. The molecule has 0 saturated carbocycles. The minimum Gasteiger partial charge on any atom is -0.478 e. The number of anilines is 1. The Bertz CT molecular complexity index is 1300. The number of piperidine rings is 1. The number of hydrogen-bond acceptors (Lipinski definition) is 8. The molecule has 1 aliphatic rings. The van der Waals surface area contributed by atoms with Crippen molar-refractivity contribution in [3.05, 3.63) is 102 Å². The molecule has 2 unspecified atom stereocenters. The summed E-state index contributed by atoms with van der Waals surface area (Å²) in [6.45, 7) is 6.85. The highest BCUT2D eigenvalue weighted by Gasteiger charge is 2.41. The number of aliphatic carboxylic acids is 2. The zero-order chi connectivity index (χ0) is 32.1. The second-order valence-electron chi connectivity index (χ2n) is 10.9. The van der Waals surface area contributed by atoms with E-state index in [0.29, 0.717) is 5.92 Å². The van der Waals surface area contributed by atoms with Gasteiger partial charge in [-0.15, -0.1) is 0 Å². The molecule has 1 saturated heterocycles. The van der Waals surface area contributed by atoms with Crippen LogP contribution >= 0.6 is 0 Å². The van der Waals surface area contributed by atoms with Crippen LogP contribution < -0.4 is 10.6 Å². The molecule has 3 aromatic carbocycles.